The first-order valence-corrected chi connectivity index (χ1v) is 11.5. The molecule has 1 unspecified atom stereocenters. The molecule has 0 radical (unpaired) electrons. The summed E-state index contributed by atoms with van der Waals surface area (Å²) in [5.74, 6) is 1.61. The number of rotatable bonds is 8. The SMILES string of the molecule is CCNC(=NCc1ccccc1CN(C)C1CCCCC1)N(C)CC1CCOC1.I. The number of nitrogens with zero attached hydrogens (tertiary/aromatic N) is 3. The summed E-state index contributed by atoms with van der Waals surface area (Å²) in [6.45, 7) is 7.53. The molecule has 0 bridgehead atoms. The van der Waals surface area contributed by atoms with Gasteiger partial charge in [-0.2, -0.15) is 0 Å². The van der Waals surface area contributed by atoms with Crippen LogP contribution in [-0.4, -0.2) is 62.2 Å². The zero-order valence-corrected chi connectivity index (χ0v) is 21.4. The third-order valence-corrected chi connectivity index (χ3v) is 6.39. The molecule has 5 nitrogen and oxygen atoms in total. The van der Waals surface area contributed by atoms with Crippen LogP contribution in [0.15, 0.2) is 29.3 Å². The van der Waals surface area contributed by atoms with E-state index in [0.717, 1.165) is 57.8 Å². The number of nitrogens with one attached hydrogen (secondary N) is 1. The predicted octanol–water partition coefficient (Wildman–Crippen LogP) is 4.50. The van der Waals surface area contributed by atoms with E-state index in [0.29, 0.717) is 5.92 Å². The molecular weight excluding hydrogens is 487 g/mol. The number of halogens is 1. The summed E-state index contributed by atoms with van der Waals surface area (Å²) in [7, 11) is 4.43. The molecule has 2 fully saturated rings. The van der Waals surface area contributed by atoms with E-state index in [2.05, 4.69) is 60.4 Å². The van der Waals surface area contributed by atoms with Crippen LogP contribution in [0.4, 0.5) is 0 Å². The minimum Gasteiger partial charge on any atom is -0.381 e. The van der Waals surface area contributed by atoms with Crippen molar-refractivity contribution in [2.75, 3.05) is 40.4 Å². The number of ether oxygens (including phenoxy) is 1. The van der Waals surface area contributed by atoms with Crippen LogP contribution in [0.3, 0.4) is 0 Å². The van der Waals surface area contributed by atoms with Gasteiger partial charge < -0.3 is 15.0 Å². The minimum atomic E-state index is 0. The van der Waals surface area contributed by atoms with Crippen molar-refractivity contribution in [3.63, 3.8) is 0 Å². The van der Waals surface area contributed by atoms with Gasteiger partial charge in [-0.15, -0.1) is 24.0 Å². The van der Waals surface area contributed by atoms with E-state index in [9.17, 15) is 0 Å². The highest BCUT2D eigenvalue weighted by atomic mass is 127. The third kappa shape index (κ3) is 7.68. The Morgan fingerprint density at radius 2 is 1.83 bits per heavy atom. The number of aliphatic imine (C=N–C) groups is 1. The molecule has 3 rings (SSSR count). The summed E-state index contributed by atoms with van der Waals surface area (Å²) in [5.41, 5.74) is 2.75. The molecule has 1 N–H and O–H groups in total. The van der Waals surface area contributed by atoms with Crippen LogP contribution < -0.4 is 5.32 Å². The average molecular weight is 529 g/mol. The fraction of sp³-hybridized carbons (Fsp3) is 0.708. The Kier molecular flexibility index (Phi) is 11.5. The van der Waals surface area contributed by atoms with E-state index in [1.807, 2.05) is 0 Å². The van der Waals surface area contributed by atoms with E-state index in [1.54, 1.807) is 0 Å². The standard InChI is InChI=1S/C24H40N4O.HI/c1-4-25-24(28(3)17-20-14-15-29-19-20)26-16-21-10-8-9-11-22(21)18-27(2)23-12-6-5-7-13-23;/h8-11,20,23H,4-7,12-19H2,1-3H3,(H,25,26);1H. The first-order chi connectivity index (χ1) is 14.2. The molecule has 1 heterocycles. The van der Waals surface area contributed by atoms with Gasteiger partial charge in [-0.25, -0.2) is 4.99 Å². The van der Waals surface area contributed by atoms with E-state index in [4.69, 9.17) is 9.73 Å². The van der Waals surface area contributed by atoms with Crippen molar-refractivity contribution in [1.82, 2.24) is 15.1 Å². The lowest BCUT2D eigenvalue weighted by molar-refractivity contribution is 0.181. The Morgan fingerprint density at radius 1 is 1.10 bits per heavy atom. The van der Waals surface area contributed by atoms with Crippen molar-refractivity contribution in [2.24, 2.45) is 10.9 Å². The topological polar surface area (TPSA) is 40.1 Å². The Balaban J connectivity index is 0.00000320. The molecule has 170 valence electrons. The second kappa shape index (κ2) is 13.5. The Morgan fingerprint density at radius 3 is 2.50 bits per heavy atom. The van der Waals surface area contributed by atoms with E-state index >= 15 is 0 Å². The first-order valence-electron chi connectivity index (χ1n) is 11.5. The third-order valence-electron chi connectivity index (χ3n) is 6.39. The second-order valence-corrected chi connectivity index (χ2v) is 8.76. The van der Waals surface area contributed by atoms with Gasteiger partial charge in [0.25, 0.3) is 0 Å². The van der Waals surface area contributed by atoms with E-state index in [1.165, 1.54) is 43.2 Å². The summed E-state index contributed by atoms with van der Waals surface area (Å²) in [5, 5.41) is 3.46. The molecule has 1 saturated carbocycles. The minimum absolute atomic E-state index is 0. The maximum atomic E-state index is 5.54. The Labute approximate surface area is 200 Å². The lowest BCUT2D eigenvalue weighted by atomic mass is 9.94. The second-order valence-electron chi connectivity index (χ2n) is 8.76. The zero-order chi connectivity index (χ0) is 20.5. The number of hydrogen-bond acceptors (Lipinski definition) is 3. The van der Waals surface area contributed by atoms with Crippen LogP contribution in [0.5, 0.6) is 0 Å². The van der Waals surface area contributed by atoms with Crippen LogP contribution in [0.2, 0.25) is 0 Å². The largest absolute Gasteiger partial charge is 0.381 e. The van der Waals surface area contributed by atoms with Crippen molar-refractivity contribution in [3.8, 4) is 0 Å². The van der Waals surface area contributed by atoms with Crippen LogP contribution >= 0.6 is 24.0 Å². The monoisotopic (exact) mass is 528 g/mol. The van der Waals surface area contributed by atoms with Gasteiger partial charge in [-0.3, -0.25) is 4.90 Å². The van der Waals surface area contributed by atoms with Crippen molar-refractivity contribution < 1.29 is 4.74 Å². The Bertz CT molecular complexity index is 642. The maximum Gasteiger partial charge on any atom is 0.193 e. The molecule has 30 heavy (non-hydrogen) atoms. The van der Waals surface area contributed by atoms with Gasteiger partial charge in [-0.1, -0.05) is 43.5 Å². The van der Waals surface area contributed by atoms with Gasteiger partial charge >= 0.3 is 0 Å². The van der Waals surface area contributed by atoms with Gasteiger partial charge in [0, 0.05) is 45.2 Å². The van der Waals surface area contributed by atoms with Crippen LogP contribution in [0.25, 0.3) is 0 Å². The van der Waals surface area contributed by atoms with Gasteiger partial charge in [0.2, 0.25) is 0 Å². The molecule has 2 aliphatic rings. The summed E-state index contributed by atoms with van der Waals surface area (Å²) in [4.78, 5) is 9.80. The van der Waals surface area contributed by atoms with Gasteiger partial charge in [0.1, 0.15) is 0 Å². The van der Waals surface area contributed by atoms with Crippen molar-refractivity contribution in [3.05, 3.63) is 35.4 Å². The fourth-order valence-corrected chi connectivity index (χ4v) is 4.62. The molecule has 6 heteroatoms. The number of benzene rings is 1. The van der Waals surface area contributed by atoms with Crippen LogP contribution in [0.1, 0.15) is 56.6 Å². The highest BCUT2D eigenvalue weighted by Crippen LogP contribution is 2.24. The van der Waals surface area contributed by atoms with Crippen LogP contribution in [-0.2, 0) is 17.8 Å². The van der Waals surface area contributed by atoms with Gasteiger partial charge in [0.15, 0.2) is 5.96 Å². The average Bonchev–Trinajstić information content (AvgIpc) is 3.25. The molecule has 0 spiro atoms. The molecule has 1 aromatic rings. The lowest BCUT2D eigenvalue weighted by Crippen LogP contribution is -2.41. The lowest BCUT2D eigenvalue weighted by Gasteiger charge is -2.31. The molecule has 1 aromatic carbocycles. The number of guanidine groups is 1. The predicted molar refractivity (Wildman–Crippen MR) is 137 cm³/mol. The molecule has 0 amide bonds. The van der Waals surface area contributed by atoms with Gasteiger partial charge in [-0.05, 0) is 44.4 Å². The number of hydrogen-bond donors (Lipinski definition) is 1. The molecule has 1 saturated heterocycles. The highest BCUT2D eigenvalue weighted by Gasteiger charge is 2.20. The van der Waals surface area contributed by atoms with E-state index < -0.39 is 0 Å². The quantitative estimate of drug-likeness (QED) is 0.307. The summed E-state index contributed by atoms with van der Waals surface area (Å²) in [6.07, 6.45) is 8.01. The van der Waals surface area contributed by atoms with Crippen molar-refractivity contribution in [1.29, 1.82) is 0 Å². The van der Waals surface area contributed by atoms with E-state index in [-0.39, 0.29) is 24.0 Å². The summed E-state index contributed by atoms with van der Waals surface area (Å²) in [6, 6.07) is 9.55. The van der Waals surface area contributed by atoms with Crippen molar-refractivity contribution in [2.45, 2.75) is 64.6 Å². The summed E-state index contributed by atoms with van der Waals surface area (Å²) >= 11 is 0. The van der Waals surface area contributed by atoms with Crippen molar-refractivity contribution >= 4 is 29.9 Å². The normalized spacial score (nSPS) is 20.3. The molecule has 1 atom stereocenters. The molecular formula is C24H41IN4O. The molecule has 1 aliphatic carbocycles. The fourth-order valence-electron chi connectivity index (χ4n) is 4.62. The molecule has 0 aromatic heterocycles. The first kappa shape index (κ1) is 25.4. The van der Waals surface area contributed by atoms with Crippen LogP contribution in [0, 0.1) is 5.92 Å². The highest BCUT2D eigenvalue weighted by molar-refractivity contribution is 14.0. The molecule has 1 aliphatic heterocycles. The summed E-state index contributed by atoms with van der Waals surface area (Å²) < 4.78 is 5.54. The van der Waals surface area contributed by atoms with Gasteiger partial charge in [0.05, 0.1) is 13.2 Å². The Hall–Kier alpha value is -0.860. The zero-order valence-electron chi connectivity index (χ0n) is 19.1. The smallest absolute Gasteiger partial charge is 0.193 e. The maximum absolute atomic E-state index is 5.54.